The Hall–Kier alpha value is -7.04. The van der Waals surface area contributed by atoms with E-state index in [1.165, 1.54) is 55.3 Å². The van der Waals surface area contributed by atoms with Crippen LogP contribution in [0.4, 0.5) is 0 Å². The number of hydrogen-bond acceptors (Lipinski definition) is 4. The van der Waals surface area contributed by atoms with E-state index >= 15 is 0 Å². The van der Waals surface area contributed by atoms with Gasteiger partial charge < -0.3 is 0 Å². The lowest BCUT2D eigenvalue weighted by atomic mass is 9.67. The van der Waals surface area contributed by atoms with Crippen LogP contribution >= 0.6 is 0 Å². The second-order valence-electron chi connectivity index (χ2n) is 14.2. The zero-order valence-corrected chi connectivity index (χ0v) is 30.2. The molecule has 260 valence electrons. The third-order valence-electron chi connectivity index (χ3n) is 10.9. The van der Waals surface area contributed by atoms with Crippen LogP contribution in [0.5, 0.6) is 0 Å². The van der Waals surface area contributed by atoms with Crippen molar-refractivity contribution in [3.63, 3.8) is 0 Å². The molecule has 0 aliphatic heterocycles. The minimum Gasteiger partial charge on any atom is -0.255 e. The summed E-state index contributed by atoms with van der Waals surface area (Å²) in [6.45, 7) is 0. The van der Waals surface area contributed by atoms with Crippen molar-refractivity contribution >= 4 is 10.8 Å². The maximum Gasteiger partial charge on any atom is 0.0889 e. The number of fused-ring (bicyclic) bond motifs is 5. The van der Waals surface area contributed by atoms with Crippen LogP contribution in [-0.4, -0.2) is 19.9 Å². The summed E-state index contributed by atoms with van der Waals surface area (Å²) in [5.74, 6) is 0. The molecular weight excluding hydrogens is 669 g/mol. The van der Waals surface area contributed by atoms with Crippen molar-refractivity contribution in [1.82, 2.24) is 19.9 Å². The molecule has 1 aliphatic rings. The van der Waals surface area contributed by atoms with Gasteiger partial charge in [0, 0.05) is 36.6 Å². The molecule has 0 radical (unpaired) electrons. The van der Waals surface area contributed by atoms with E-state index in [4.69, 9.17) is 9.97 Å². The summed E-state index contributed by atoms with van der Waals surface area (Å²) in [5, 5.41) is 2.50. The van der Waals surface area contributed by atoms with Crippen LogP contribution in [0.15, 0.2) is 194 Å². The largest absolute Gasteiger partial charge is 0.255 e. The molecule has 4 aromatic heterocycles. The van der Waals surface area contributed by atoms with Gasteiger partial charge in [-0.1, -0.05) is 133 Å². The molecule has 5 aromatic carbocycles. The summed E-state index contributed by atoms with van der Waals surface area (Å²) in [5.41, 5.74) is 15.1. The van der Waals surface area contributed by atoms with E-state index in [0.717, 1.165) is 34.2 Å². The van der Waals surface area contributed by atoms with Crippen LogP contribution in [0.1, 0.15) is 44.8 Å². The summed E-state index contributed by atoms with van der Waals surface area (Å²) in [7, 11) is 0. The molecule has 0 bridgehead atoms. The van der Waals surface area contributed by atoms with Gasteiger partial charge in [-0.25, -0.2) is 0 Å². The van der Waals surface area contributed by atoms with Gasteiger partial charge in [-0.3, -0.25) is 19.9 Å². The number of aromatic nitrogens is 4. The van der Waals surface area contributed by atoms with Crippen LogP contribution in [0.2, 0.25) is 0 Å². The number of pyridine rings is 4. The lowest BCUT2D eigenvalue weighted by molar-refractivity contribution is 0.766. The molecule has 4 nitrogen and oxygen atoms in total. The minimum absolute atomic E-state index is 0.561. The third kappa shape index (κ3) is 5.71. The molecule has 0 amide bonds. The maximum absolute atomic E-state index is 5.14. The molecule has 0 unspecified atom stereocenters. The molecule has 10 rings (SSSR count). The highest BCUT2D eigenvalue weighted by Gasteiger charge is 2.47. The van der Waals surface area contributed by atoms with Gasteiger partial charge in [-0.05, 0) is 104 Å². The van der Waals surface area contributed by atoms with Gasteiger partial charge >= 0.3 is 0 Å². The van der Waals surface area contributed by atoms with Crippen LogP contribution < -0.4 is 0 Å². The molecule has 0 spiro atoms. The Kier molecular flexibility index (Phi) is 8.15. The van der Waals surface area contributed by atoms with Gasteiger partial charge in [0.15, 0.2) is 0 Å². The zero-order valence-electron chi connectivity index (χ0n) is 30.2. The van der Waals surface area contributed by atoms with Crippen molar-refractivity contribution < 1.29 is 0 Å². The summed E-state index contributed by atoms with van der Waals surface area (Å²) in [4.78, 5) is 19.4. The lowest BCUT2D eigenvalue weighted by Gasteiger charge is -2.34. The molecule has 4 heteroatoms. The smallest absolute Gasteiger partial charge is 0.0889 e. The predicted molar refractivity (Wildman–Crippen MR) is 222 cm³/mol. The Morgan fingerprint density at radius 1 is 0.400 bits per heavy atom. The van der Waals surface area contributed by atoms with Crippen molar-refractivity contribution in [2.45, 2.75) is 18.3 Å². The van der Waals surface area contributed by atoms with Crippen molar-refractivity contribution in [3.8, 4) is 33.9 Å². The van der Waals surface area contributed by atoms with Crippen molar-refractivity contribution in [1.29, 1.82) is 0 Å². The van der Waals surface area contributed by atoms with Gasteiger partial charge in [-0.15, -0.1) is 0 Å². The Morgan fingerprint density at radius 2 is 0.945 bits per heavy atom. The summed E-state index contributed by atoms with van der Waals surface area (Å²) in [6, 6.07) is 65.0. The molecule has 0 N–H and O–H groups in total. The van der Waals surface area contributed by atoms with Gasteiger partial charge in [0.1, 0.15) is 0 Å². The molecule has 0 atom stereocenters. The van der Waals surface area contributed by atoms with Crippen LogP contribution in [-0.2, 0) is 18.3 Å². The first-order valence-corrected chi connectivity index (χ1v) is 18.8. The fraction of sp³-hybridized carbons (Fsp3) is 0.0588. The molecule has 55 heavy (non-hydrogen) atoms. The first-order valence-electron chi connectivity index (χ1n) is 18.8. The number of benzene rings is 5. The predicted octanol–water partition coefficient (Wildman–Crippen LogP) is 11.3. The highest BCUT2D eigenvalue weighted by Crippen LogP contribution is 2.58. The second-order valence-corrected chi connectivity index (χ2v) is 14.2. The zero-order chi connectivity index (χ0) is 36.6. The van der Waals surface area contributed by atoms with E-state index in [2.05, 4.69) is 143 Å². The van der Waals surface area contributed by atoms with Gasteiger partial charge in [-0.2, -0.15) is 0 Å². The van der Waals surface area contributed by atoms with E-state index in [-0.39, 0.29) is 0 Å². The van der Waals surface area contributed by atoms with Crippen LogP contribution in [0.3, 0.4) is 0 Å². The summed E-state index contributed by atoms with van der Waals surface area (Å²) >= 11 is 0. The Balaban J connectivity index is 1.18. The highest BCUT2D eigenvalue weighted by atomic mass is 14.8. The third-order valence-corrected chi connectivity index (χ3v) is 10.9. The topological polar surface area (TPSA) is 51.6 Å². The monoisotopic (exact) mass is 704 g/mol. The fourth-order valence-corrected chi connectivity index (χ4v) is 8.60. The van der Waals surface area contributed by atoms with Gasteiger partial charge in [0.05, 0.1) is 28.2 Å². The Labute approximate surface area is 320 Å². The van der Waals surface area contributed by atoms with Crippen molar-refractivity contribution in [2.24, 2.45) is 0 Å². The highest BCUT2D eigenvalue weighted by molar-refractivity contribution is 6.05. The van der Waals surface area contributed by atoms with E-state index in [1.807, 2.05) is 60.9 Å². The SMILES string of the molecule is c1ccc(C2(c3ccccc3)c3cc(Cc4cccc(-c5ccccn5)n4)ccc3-c3c2cc(Cc2cccc(-c4ccccn4)n2)c2ccccc32)cc1. The Morgan fingerprint density at radius 3 is 1.55 bits per heavy atom. The number of nitrogens with zero attached hydrogens (tertiary/aromatic N) is 4. The van der Waals surface area contributed by atoms with E-state index < -0.39 is 5.41 Å². The first-order chi connectivity index (χ1) is 27.3. The van der Waals surface area contributed by atoms with Crippen LogP contribution in [0, 0.1) is 0 Å². The normalized spacial score (nSPS) is 12.7. The Bertz CT molecular complexity index is 2760. The van der Waals surface area contributed by atoms with Gasteiger partial charge in [0.25, 0.3) is 0 Å². The summed E-state index contributed by atoms with van der Waals surface area (Å²) < 4.78 is 0. The van der Waals surface area contributed by atoms with E-state index in [1.54, 1.807) is 0 Å². The molecule has 0 fully saturated rings. The van der Waals surface area contributed by atoms with Crippen LogP contribution in [0.25, 0.3) is 44.7 Å². The average molecular weight is 705 g/mol. The molecular formula is C51H36N4. The first kappa shape index (κ1) is 32.6. The van der Waals surface area contributed by atoms with E-state index in [9.17, 15) is 0 Å². The molecule has 4 heterocycles. The molecule has 0 saturated carbocycles. The van der Waals surface area contributed by atoms with Gasteiger partial charge in [0.2, 0.25) is 0 Å². The molecule has 0 saturated heterocycles. The number of hydrogen-bond donors (Lipinski definition) is 0. The van der Waals surface area contributed by atoms with Crippen molar-refractivity contribution in [3.05, 3.63) is 239 Å². The number of rotatable bonds is 8. The summed E-state index contributed by atoms with van der Waals surface area (Å²) in [6.07, 6.45) is 5.03. The minimum atomic E-state index is -0.561. The fourth-order valence-electron chi connectivity index (χ4n) is 8.60. The second kappa shape index (κ2) is 13.7. The molecule has 1 aliphatic carbocycles. The van der Waals surface area contributed by atoms with E-state index in [0.29, 0.717) is 12.8 Å². The molecule has 9 aromatic rings. The lowest BCUT2D eigenvalue weighted by Crippen LogP contribution is -2.29. The average Bonchev–Trinajstić information content (AvgIpc) is 3.55. The quantitative estimate of drug-likeness (QED) is 0.158. The maximum atomic E-state index is 5.14. The van der Waals surface area contributed by atoms with Crippen molar-refractivity contribution in [2.75, 3.05) is 0 Å². The standard InChI is InChI=1S/C51H36N4/c1-3-15-37(16-4-1)51(38-17-5-2-6-18-38)44-32-35(31-39-19-13-25-48(54-39)46-23-9-11-29-52-46)27-28-43(44)50-42-22-8-7-21-41(42)36(34-45(50)51)33-40-20-14-26-49(55-40)47-24-10-12-30-53-47/h1-30,32,34H,31,33H2.